The lowest BCUT2D eigenvalue weighted by Crippen LogP contribution is -2.46. The Hall–Kier alpha value is -2.26. The Morgan fingerprint density at radius 3 is 1.50 bits per heavy atom. The quantitative estimate of drug-likeness (QED) is 0.212. The second-order valence-corrected chi connectivity index (χ2v) is 1.22. The lowest BCUT2D eigenvalue weighted by molar-refractivity contribution is -0.742. The topological polar surface area (TPSA) is 174 Å². The fourth-order valence-electron chi connectivity index (χ4n) is 0.123. The third kappa shape index (κ3) is 46.8. The van der Waals surface area contributed by atoms with E-state index in [9.17, 15) is 9.59 Å². The number of primary amides is 2. The number of hydrazine groups is 1. The predicted octanol–water partition coefficient (Wildman–Crippen LogP) is -2.11. The second-order valence-electron chi connectivity index (χ2n) is 1.22. The van der Waals surface area contributed by atoms with Gasteiger partial charge in [-0.1, -0.05) is 0 Å². The van der Waals surface area contributed by atoms with E-state index in [1.54, 1.807) is 10.9 Å². The molecule has 0 radical (unpaired) electrons. The molecule has 0 fully saturated rings. The SMILES string of the molecule is NC(=O)NNC(N)=O.O=[N+]([O-])O. The number of hydrogen-bond acceptors (Lipinski definition) is 4. The molecule has 0 spiro atoms. The maximum Gasteiger partial charge on any atom is 0.330 e. The Morgan fingerprint density at radius 2 is 1.42 bits per heavy atom. The highest BCUT2D eigenvalue weighted by Crippen LogP contribution is 1.48. The van der Waals surface area contributed by atoms with Crippen molar-refractivity contribution in [2.75, 3.05) is 0 Å². The van der Waals surface area contributed by atoms with Crippen molar-refractivity contribution >= 4 is 12.1 Å². The first-order valence-corrected chi connectivity index (χ1v) is 2.30. The smallest absolute Gasteiger partial charge is 0.330 e. The van der Waals surface area contributed by atoms with Gasteiger partial charge in [0.15, 0.2) is 0 Å². The van der Waals surface area contributed by atoms with E-state index < -0.39 is 17.1 Å². The van der Waals surface area contributed by atoms with Crippen LogP contribution in [0, 0.1) is 10.1 Å². The van der Waals surface area contributed by atoms with Gasteiger partial charge in [-0.2, -0.15) is 0 Å². The molecule has 4 amide bonds. The summed E-state index contributed by atoms with van der Waals surface area (Å²) in [6.45, 7) is 0. The number of nitrogens with one attached hydrogen (secondary N) is 2. The van der Waals surface area contributed by atoms with Crippen LogP contribution in [0.3, 0.4) is 0 Å². The second kappa shape index (κ2) is 6.85. The van der Waals surface area contributed by atoms with Gasteiger partial charge >= 0.3 is 12.1 Å². The molecule has 0 aromatic carbocycles. The Labute approximate surface area is 65.6 Å². The summed E-state index contributed by atoms with van der Waals surface area (Å²) in [6, 6.07) is -1.72. The molecule has 10 nitrogen and oxygen atoms in total. The van der Waals surface area contributed by atoms with E-state index in [1.807, 2.05) is 0 Å². The number of amides is 4. The van der Waals surface area contributed by atoms with Crippen molar-refractivity contribution in [1.29, 1.82) is 0 Å². The first-order valence-electron chi connectivity index (χ1n) is 2.30. The molecule has 10 heteroatoms. The van der Waals surface area contributed by atoms with E-state index in [0.29, 0.717) is 0 Å². The molecule has 0 unspecified atom stereocenters. The van der Waals surface area contributed by atoms with Gasteiger partial charge in [0.25, 0.3) is 5.09 Å². The van der Waals surface area contributed by atoms with Crippen LogP contribution in [0.2, 0.25) is 0 Å². The van der Waals surface area contributed by atoms with Crippen molar-refractivity contribution in [2.24, 2.45) is 11.5 Å². The Morgan fingerprint density at radius 1 is 1.25 bits per heavy atom. The Balaban J connectivity index is 0. The highest BCUT2D eigenvalue weighted by atomic mass is 16.9. The number of hydrogen-bond donors (Lipinski definition) is 5. The highest BCUT2D eigenvalue weighted by Gasteiger charge is 1.89. The standard InChI is InChI=1S/C2H6N4O2.HNO3/c3-1(7)5-6-2(4)8;2-1(3)4/h(H3,3,5,7)(H3,4,6,8);(H,2,3,4). The van der Waals surface area contributed by atoms with Crippen LogP contribution < -0.4 is 22.3 Å². The summed E-state index contributed by atoms with van der Waals surface area (Å²) >= 11 is 0. The summed E-state index contributed by atoms with van der Waals surface area (Å²) < 4.78 is 0. The van der Waals surface area contributed by atoms with Crippen molar-refractivity contribution < 1.29 is 19.9 Å². The predicted molar refractivity (Wildman–Crippen MR) is 34.2 cm³/mol. The molecule has 0 aliphatic rings. The van der Waals surface area contributed by atoms with E-state index >= 15 is 0 Å². The molecule has 12 heavy (non-hydrogen) atoms. The van der Waals surface area contributed by atoms with E-state index in [4.69, 9.17) is 15.3 Å². The summed E-state index contributed by atoms with van der Waals surface area (Å²) in [5.74, 6) is 0. The average molecular weight is 181 g/mol. The minimum Gasteiger partial charge on any atom is -0.350 e. The molecule has 0 aliphatic heterocycles. The molecule has 0 saturated carbocycles. The summed E-state index contributed by atoms with van der Waals surface area (Å²) in [6.07, 6.45) is 0. The molecule has 0 saturated heterocycles. The zero-order valence-corrected chi connectivity index (χ0v) is 5.68. The zero-order chi connectivity index (χ0) is 10.1. The summed E-state index contributed by atoms with van der Waals surface area (Å²) in [7, 11) is 0. The van der Waals surface area contributed by atoms with Crippen molar-refractivity contribution in [1.82, 2.24) is 10.9 Å². The van der Waals surface area contributed by atoms with Crippen molar-refractivity contribution in [3.8, 4) is 0 Å². The van der Waals surface area contributed by atoms with E-state index in [0.717, 1.165) is 0 Å². The number of urea groups is 2. The zero-order valence-electron chi connectivity index (χ0n) is 5.68. The molecule has 0 rings (SSSR count). The third-order valence-corrected chi connectivity index (χ3v) is 0.309. The summed E-state index contributed by atoms with van der Waals surface area (Å²) in [5.41, 5.74) is 12.6. The van der Waals surface area contributed by atoms with Crippen molar-refractivity contribution in [3.05, 3.63) is 10.1 Å². The largest absolute Gasteiger partial charge is 0.350 e. The molecule has 0 aromatic heterocycles. The van der Waals surface area contributed by atoms with Crippen LogP contribution in [0.1, 0.15) is 0 Å². The minimum atomic E-state index is -1.50. The third-order valence-electron chi connectivity index (χ3n) is 0.309. The maximum atomic E-state index is 9.74. The Bertz CT molecular complexity index is 161. The maximum absolute atomic E-state index is 9.74. The van der Waals surface area contributed by atoms with Crippen LogP contribution in [0.5, 0.6) is 0 Å². The lowest BCUT2D eigenvalue weighted by atomic mass is 11.1. The minimum absolute atomic E-state index is 0.858. The molecule has 0 aliphatic carbocycles. The molecule has 0 bridgehead atoms. The van der Waals surface area contributed by atoms with Crippen LogP contribution in [0.15, 0.2) is 0 Å². The summed E-state index contributed by atoms with van der Waals surface area (Å²) in [5, 5.41) is 13.6. The van der Waals surface area contributed by atoms with Crippen LogP contribution in [-0.4, -0.2) is 22.4 Å². The number of carbonyl (C=O) groups is 2. The molecule has 0 atom stereocenters. The van der Waals surface area contributed by atoms with Gasteiger partial charge in [-0.25, -0.2) is 20.4 Å². The van der Waals surface area contributed by atoms with Gasteiger partial charge in [-0.3, -0.25) is 0 Å². The molecule has 0 heterocycles. The first-order chi connectivity index (χ1) is 5.36. The van der Waals surface area contributed by atoms with E-state index in [1.165, 1.54) is 0 Å². The molecule has 7 N–H and O–H groups in total. The number of rotatable bonds is 0. The van der Waals surface area contributed by atoms with Gasteiger partial charge in [0.1, 0.15) is 0 Å². The normalized spacial score (nSPS) is 7.00. The fraction of sp³-hybridized carbons (Fsp3) is 0. The van der Waals surface area contributed by atoms with Gasteiger partial charge < -0.3 is 16.7 Å². The van der Waals surface area contributed by atoms with Crippen LogP contribution in [0.4, 0.5) is 9.59 Å². The molecular formula is C2H7N5O5. The van der Waals surface area contributed by atoms with Crippen molar-refractivity contribution in [2.45, 2.75) is 0 Å². The highest BCUT2D eigenvalue weighted by molar-refractivity contribution is 5.77. The molecular weight excluding hydrogens is 174 g/mol. The average Bonchev–Trinajstić information content (AvgIpc) is 1.82. The van der Waals surface area contributed by atoms with Gasteiger partial charge in [0.05, 0.1) is 0 Å². The van der Waals surface area contributed by atoms with E-state index in [-0.39, 0.29) is 0 Å². The molecule has 0 aromatic rings. The monoisotopic (exact) mass is 181 g/mol. The van der Waals surface area contributed by atoms with Gasteiger partial charge in [0, 0.05) is 0 Å². The number of nitrogens with two attached hydrogens (primary N) is 2. The fourth-order valence-corrected chi connectivity index (χ4v) is 0.123. The first kappa shape index (κ1) is 12.4. The Kier molecular flexibility index (Phi) is 7.09. The number of carbonyl (C=O) groups excluding carboxylic acids is 2. The van der Waals surface area contributed by atoms with Gasteiger partial charge in [-0.05, 0) is 0 Å². The molecule has 70 valence electrons. The summed E-state index contributed by atoms with van der Waals surface area (Å²) in [4.78, 5) is 27.9. The van der Waals surface area contributed by atoms with Crippen LogP contribution >= 0.6 is 0 Å². The number of nitrogens with zero attached hydrogens (tertiary/aromatic N) is 1. The lowest BCUT2D eigenvalue weighted by Gasteiger charge is -1.97. The van der Waals surface area contributed by atoms with Crippen LogP contribution in [-0.2, 0) is 0 Å². The van der Waals surface area contributed by atoms with Crippen molar-refractivity contribution in [3.63, 3.8) is 0 Å². The van der Waals surface area contributed by atoms with Crippen LogP contribution in [0.25, 0.3) is 0 Å². The van der Waals surface area contributed by atoms with Gasteiger partial charge in [-0.15, -0.1) is 10.1 Å². The van der Waals surface area contributed by atoms with Gasteiger partial charge in [0.2, 0.25) is 0 Å². The van der Waals surface area contributed by atoms with E-state index in [2.05, 4.69) is 11.5 Å².